The number of hydrogen-bond acceptors (Lipinski definition) is 3. The quantitative estimate of drug-likeness (QED) is 0.898. The lowest BCUT2D eigenvalue weighted by atomic mass is 9.83. The van der Waals surface area contributed by atoms with Gasteiger partial charge in [-0.25, -0.2) is 0 Å². The van der Waals surface area contributed by atoms with Gasteiger partial charge in [-0.15, -0.1) is 0 Å². The van der Waals surface area contributed by atoms with Gasteiger partial charge >= 0.3 is 0 Å². The first-order chi connectivity index (χ1) is 9.82. The van der Waals surface area contributed by atoms with Gasteiger partial charge in [-0.2, -0.15) is 0 Å². The summed E-state index contributed by atoms with van der Waals surface area (Å²) in [7, 11) is 0. The van der Waals surface area contributed by atoms with Gasteiger partial charge in [0.05, 0.1) is 6.10 Å². The monoisotopic (exact) mass is 289 g/mol. The molecule has 1 saturated heterocycles. The summed E-state index contributed by atoms with van der Waals surface area (Å²) in [5.74, 6) is 0. The first-order valence-corrected chi connectivity index (χ1v) is 8.08. The minimum Gasteiger partial charge on any atom is -0.388 e. The molecule has 117 valence electrons. The minimum atomic E-state index is -0.427. The summed E-state index contributed by atoms with van der Waals surface area (Å²) < 4.78 is 0. The lowest BCUT2D eigenvalue weighted by Gasteiger charge is -2.36. The highest BCUT2D eigenvalue weighted by Gasteiger charge is 2.25. The molecule has 0 bridgehead atoms. The maximum atomic E-state index is 10.1. The molecule has 1 unspecified atom stereocenters. The van der Waals surface area contributed by atoms with Crippen LogP contribution in [0.1, 0.15) is 64.2 Å². The van der Waals surface area contributed by atoms with E-state index in [-0.39, 0.29) is 11.5 Å². The molecule has 1 heterocycles. The molecule has 0 amide bonds. The van der Waals surface area contributed by atoms with E-state index in [4.69, 9.17) is 5.73 Å². The van der Waals surface area contributed by atoms with Crippen molar-refractivity contribution in [2.24, 2.45) is 5.73 Å². The number of piperidine rings is 1. The molecule has 21 heavy (non-hydrogen) atoms. The summed E-state index contributed by atoms with van der Waals surface area (Å²) >= 11 is 0. The highest BCUT2D eigenvalue weighted by Crippen LogP contribution is 2.35. The van der Waals surface area contributed by atoms with Gasteiger partial charge in [0.2, 0.25) is 0 Å². The molecule has 2 atom stereocenters. The van der Waals surface area contributed by atoms with Crippen molar-refractivity contribution >= 4 is 5.69 Å². The van der Waals surface area contributed by atoms with Crippen molar-refractivity contribution in [1.82, 2.24) is 0 Å². The molecule has 0 aliphatic carbocycles. The Bertz CT molecular complexity index is 479. The number of benzene rings is 1. The van der Waals surface area contributed by atoms with Gasteiger partial charge in [-0.1, -0.05) is 33.8 Å². The third-order valence-electron chi connectivity index (χ3n) is 4.24. The maximum Gasteiger partial charge on any atom is 0.0793 e. The molecule has 1 radical (unpaired) electrons. The Labute approximate surface area is 129 Å². The van der Waals surface area contributed by atoms with Crippen LogP contribution in [0.25, 0.3) is 0 Å². The lowest BCUT2D eigenvalue weighted by molar-refractivity contribution is 0.173. The van der Waals surface area contributed by atoms with Crippen LogP contribution in [0.4, 0.5) is 5.69 Å². The second-order valence-electron chi connectivity index (χ2n) is 7.20. The van der Waals surface area contributed by atoms with Crippen molar-refractivity contribution in [2.75, 3.05) is 18.0 Å². The van der Waals surface area contributed by atoms with Gasteiger partial charge in [0, 0.05) is 24.8 Å². The zero-order valence-corrected chi connectivity index (χ0v) is 13.8. The molecule has 0 spiro atoms. The number of hydrogen-bond donors (Lipinski definition) is 2. The normalized spacial score (nSPS) is 21.4. The lowest BCUT2D eigenvalue weighted by Crippen LogP contribution is -2.43. The van der Waals surface area contributed by atoms with E-state index in [0.717, 1.165) is 31.5 Å². The molecule has 1 aromatic carbocycles. The van der Waals surface area contributed by atoms with Gasteiger partial charge < -0.3 is 15.7 Å². The van der Waals surface area contributed by atoms with Crippen LogP contribution in [-0.4, -0.2) is 24.2 Å². The number of aliphatic hydroxyl groups excluding tert-OH is 1. The molecule has 1 aromatic rings. The Morgan fingerprint density at radius 2 is 2.14 bits per heavy atom. The molecule has 0 saturated carbocycles. The topological polar surface area (TPSA) is 49.5 Å². The standard InChI is InChI=1S/C18H29N2O/c1-5-17(21)13-8-9-16(15(11-13)18(2,3)4)20-10-6-7-14(19)12-20/h8-9,14,17,21H,5-7,10,12,19H2,1-4H3/t14-,17?/m1/s1. The largest absolute Gasteiger partial charge is 0.388 e. The van der Waals surface area contributed by atoms with Crippen molar-refractivity contribution in [2.45, 2.75) is 64.5 Å². The van der Waals surface area contributed by atoms with Crippen LogP contribution in [0.5, 0.6) is 0 Å². The number of aliphatic hydroxyl groups is 1. The SMILES string of the molecule is CCC(O)c1[c]c(C(C)(C)C)c(N2CCC[C@@H](N)C2)cc1. The van der Waals surface area contributed by atoms with Crippen LogP contribution in [-0.2, 0) is 5.41 Å². The van der Waals surface area contributed by atoms with Crippen molar-refractivity contribution < 1.29 is 5.11 Å². The van der Waals surface area contributed by atoms with Gasteiger partial charge in [-0.3, -0.25) is 0 Å². The number of rotatable bonds is 3. The Balaban J connectivity index is 2.40. The van der Waals surface area contributed by atoms with Crippen molar-refractivity contribution in [1.29, 1.82) is 0 Å². The molecule has 3 nitrogen and oxygen atoms in total. The van der Waals surface area contributed by atoms with E-state index in [1.165, 1.54) is 11.3 Å². The number of anilines is 1. The fourth-order valence-corrected chi connectivity index (χ4v) is 2.98. The van der Waals surface area contributed by atoms with Crippen molar-refractivity contribution in [3.8, 4) is 0 Å². The molecular formula is C18H29N2O. The highest BCUT2D eigenvalue weighted by molar-refractivity contribution is 5.58. The fraction of sp³-hybridized carbons (Fsp3) is 0.667. The minimum absolute atomic E-state index is 0.000344. The van der Waals surface area contributed by atoms with Crippen molar-refractivity contribution in [3.63, 3.8) is 0 Å². The van der Waals surface area contributed by atoms with Gasteiger partial charge in [0.1, 0.15) is 0 Å². The van der Waals surface area contributed by atoms with Crippen molar-refractivity contribution in [3.05, 3.63) is 29.3 Å². The second kappa shape index (κ2) is 6.37. The van der Waals surface area contributed by atoms with E-state index in [1.54, 1.807) is 0 Å². The molecule has 3 N–H and O–H groups in total. The summed E-state index contributed by atoms with van der Waals surface area (Å²) in [5, 5.41) is 10.1. The van der Waals surface area contributed by atoms with Gasteiger partial charge in [0.15, 0.2) is 0 Å². The fourth-order valence-electron chi connectivity index (χ4n) is 2.98. The summed E-state index contributed by atoms with van der Waals surface area (Å²) in [6, 6.07) is 7.90. The van der Waals surface area contributed by atoms with Crippen LogP contribution < -0.4 is 10.6 Å². The summed E-state index contributed by atoms with van der Waals surface area (Å²) in [5.41, 5.74) is 9.43. The smallest absolute Gasteiger partial charge is 0.0793 e. The van der Waals surface area contributed by atoms with Crippen LogP contribution in [0.15, 0.2) is 12.1 Å². The van der Waals surface area contributed by atoms with E-state index in [2.05, 4.69) is 37.8 Å². The van der Waals surface area contributed by atoms with E-state index in [1.807, 2.05) is 13.0 Å². The molecule has 1 fully saturated rings. The second-order valence-corrected chi connectivity index (χ2v) is 7.20. The van der Waals surface area contributed by atoms with E-state index in [0.29, 0.717) is 6.42 Å². The molecule has 2 rings (SSSR count). The van der Waals surface area contributed by atoms with Crippen LogP contribution >= 0.6 is 0 Å². The van der Waals surface area contributed by atoms with Gasteiger partial charge in [-0.05, 0) is 47.9 Å². The Kier molecular flexibility index (Phi) is 4.95. The average Bonchev–Trinajstić information content (AvgIpc) is 2.45. The zero-order chi connectivity index (χ0) is 15.6. The van der Waals surface area contributed by atoms with E-state index in [9.17, 15) is 5.11 Å². The third kappa shape index (κ3) is 3.78. The number of nitrogens with two attached hydrogens (primary N) is 1. The third-order valence-corrected chi connectivity index (χ3v) is 4.24. The van der Waals surface area contributed by atoms with Crippen LogP contribution in [0.2, 0.25) is 0 Å². The van der Waals surface area contributed by atoms with E-state index >= 15 is 0 Å². The summed E-state index contributed by atoms with van der Waals surface area (Å²) in [4.78, 5) is 2.38. The van der Waals surface area contributed by atoms with Gasteiger partial charge in [0.25, 0.3) is 0 Å². The van der Waals surface area contributed by atoms with Crippen LogP contribution in [0, 0.1) is 6.07 Å². The first-order valence-electron chi connectivity index (χ1n) is 8.08. The average molecular weight is 289 g/mol. The summed E-state index contributed by atoms with van der Waals surface area (Å²) in [6.45, 7) is 10.6. The molecule has 1 aliphatic rings. The Morgan fingerprint density at radius 3 is 2.71 bits per heavy atom. The Morgan fingerprint density at radius 1 is 1.43 bits per heavy atom. The number of nitrogens with zero attached hydrogens (tertiary/aromatic N) is 1. The molecule has 0 aromatic heterocycles. The van der Waals surface area contributed by atoms with Crippen LogP contribution in [0.3, 0.4) is 0 Å². The zero-order valence-electron chi connectivity index (χ0n) is 13.8. The summed E-state index contributed by atoms with van der Waals surface area (Å²) in [6.07, 6.45) is 2.54. The predicted molar refractivity (Wildman–Crippen MR) is 88.7 cm³/mol. The maximum absolute atomic E-state index is 10.1. The molecule has 3 heteroatoms. The predicted octanol–water partition coefficient (Wildman–Crippen LogP) is 3.16. The molecular weight excluding hydrogens is 260 g/mol. The first kappa shape index (κ1) is 16.3. The Hall–Kier alpha value is -1.06. The van der Waals surface area contributed by atoms with E-state index < -0.39 is 6.10 Å². The molecule has 1 aliphatic heterocycles. The highest BCUT2D eigenvalue weighted by atomic mass is 16.3.